The number of nitrogens with one attached hydrogen (secondary N) is 1. The molecule has 2 heterocycles. The average Bonchev–Trinajstić information content (AvgIpc) is 2.82. The molecule has 98 valence electrons. The minimum absolute atomic E-state index is 0.779. The van der Waals surface area contributed by atoms with Gasteiger partial charge in [0.2, 0.25) is 5.13 Å². The van der Waals surface area contributed by atoms with Gasteiger partial charge in [-0.25, -0.2) is 4.98 Å². The maximum absolute atomic E-state index is 4.60. The van der Waals surface area contributed by atoms with E-state index in [-0.39, 0.29) is 0 Å². The van der Waals surface area contributed by atoms with Crippen LogP contribution in [0.25, 0.3) is 0 Å². The standard InChI is InChI=1S/C14H16N4S/c1-10-2-3-12-13(8-10)19-14(17-12)18-16-9-11-4-6-15-7-5-11/h4-7,9-10H,2-3,8H2,1H3,(H,17,18)/b16-9-. The number of aryl methyl sites for hydroxylation is 1. The zero-order chi connectivity index (χ0) is 13.1. The molecule has 0 aliphatic heterocycles. The number of hydrogen-bond acceptors (Lipinski definition) is 5. The quantitative estimate of drug-likeness (QED) is 0.690. The molecule has 2 aromatic rings. The zero-order valence-corrected chi connectivity index (χ0v) is 11.7. The first-order chi connectivity index (χ1) is 9.31. The van der Waals surface area contributed by atoms with Crippen molar-refractivity contribution < 1.29 is 0 Å². The molecule has 19 heavy (non-hydrogen) atoms. The SMILES string of the molecule is CC1CCc2nc(N/N=C\c3ccncc3)sc2C1. The number of rotatable bonds is 3. The van der Waals surface area contributed by atoms with E-state index in [0.717, 1.165) is 29.5 Å². The third-order valence-corrected chi connectivity index (χ3v) is 4.29. The molecule has 0 amide bonds. The Labute approximate surface area is 116 Å². The van der Waals surface area contributed by atoms with E-state index in [0.29, 0.717) is 0 Å². The third kappa shape index (κ3) is 2.98. The van der Waals surface area contributed by atoms with E-state index in [1.807, 2.05) is 12.1 Å². The average molecular weight is 272 g/mol. The topological polar surface area (TPSA) is 50.2 Å². The molecule has 3 rings (SSSR count). The summed E-state index contributed by atoms with van der Waals surface area (Å²) < 4.78 is 0. The lowest BCUT2D eigenvalue weighted by molar-refractivity contribution is 0.502. The van der Waals surface area contributed by atoms with Crippen molar-refractivity contribution in [1.29, 1.82) is 0 Å². The molecule has 1 aliphatic rings. The van der Waals surface area contributed by atoms with Crippen molar-refractivity contribution in [2.24, 2.45) is 11.0 Å². The molecule has 0 spiro atoms. The summed E-state index contributed by atoms with van der Waals surface area (Å²) in [6.45, 7) is 2.30. The fourth-order valence-electron chi connectivity index (χ4n) is 2.20. The van der Waals surface area contributed by atoms with Crippen LogP contribution in [-0.4, -0.2) is 16.2 Å². The van der Waals surface area contributed by atoms with Gasteiger partial charge >= 0.3 is 0 Å². The van der Waals surface area contributed by atoms with Crippen molar-refractivity contribution in [1.82, 2.24) is 9.97 Å². The molecule has 4 nitrogen and oxygen atoms in total. The number of fused-ring (bicyclic) bond motifs is 1. The Balaban J connectivity index is 1.66. The zero-order valence-electron chi connectivity index (χ0n) is 10.8. The molecule has 0 saturated carbocycles. The summed E-state index contributed by atoms with van der Waals surface area (Å²) in [7, 11) is 0. The summed E-state index contributed by atoms with van der Waals surface area (Å²) in [6.07, 6.45) is 8.79. The van der Waals surface area contributed by atoms with Gasteiger partial charge in [0.15, 0.2) is 0 Å². The van der Waals surface area contributed by atoms with Crippen molar-refractivity contribution in [3.63, 3.8) is 0 Å². The molecule has 5 heteroatoms. The minimum atomic E-state index is 0.779. The van der Waals surface area contributed by atoms with E-state index in [9.17, 15) is 0 Å². The van der Waals surface area contributed by atoms with E-state index < -0.39 is 0 Å². The molecule has 0 saturated heterocycles. The van der Waals surface area contributed by atoms with Crippen molar-refractivity contribution in [2.75, 3.05) is 5.43 Å². The Kier molecular flexibility index (Phi) is 3.55. The second-order valence-electron chi connectivity index (χ2n) is 4.89. The van der Waals surface area contributed by atoms with Gasteiger partial charge in [-0.05, 0) is 42.9 Å². The maximum atomic E-state index is 4.60. The molecular formula is C14H16N4S. The van der Waals surface area contributed by atoms with Gasteiger partial charge in [0, 0.05) is 17.3 Å². The van der Waals surface area contributed by atoms with Crippen LogP contribution in [0.3, 0.4) is 0 Å². The van der Waals surface area contributed by atoms with Crippen LogP contribution in [0.1, 0.15) is 29.5 Å². The minimum Gasteiger partial charge on any atom is -0.265 e. The van der Waals surface area contributed by atoms with Gasteiger partial charge in [-0.15, -0.1) is 11.3 Å². The largest absolute Gasteiger partial charge is 0.265 e. The van der Waals surface area contributed by atoms with Gasteiger partial charge < -0.3 is 0 Å². The fraction of sp³-hybridized carbons (Fsp3) is 0.357. The summed E-state index contributed by atoms with van der Waals surface area (Å²) in [5, 5.41) is 5.11. The van der Waals surface area contributed by atoms with Crippen LogP contribution in [0.4, 0.5) is 5.13 Å². The second kappa shape index (κ2) is 5.48. The summed E-state index contributed by atoms with van der Waals surface area (Å²) in [6, 6.07) is 3.83. The number of hydrazone groups is 1. The highest BCUT2D eigenvalue weighted by Gasteiger charge is 2.19. The van der Waals surface area contributed by atoms with Crippen molar-refractivity contribution in [3.8, 4) is 0 Å². The number of hydrogen-bond donors (Lipinski definition) is 1. The van der Waals surface area contributed by atoms with Crippen LogP contribution in [0.5, 0.6) is 0 Å². The molecule has 0 bridgehead atoms. The molecule has 1 aliphatic carbocycles. The molecule has 0 aromatic carbocycles. The highest BCUT2D eigenvalue weighted by Crippen LogP contribution is 2.31. The first-order valence-corrected chi connectivity index (χ1v) is 7.30. The number of aromatic nitrogens is 2. The normalized spacial score (nSPS) is 18.5. The predicted octanol–water partition coefficient (Wildman–Crippen LogP) is 3.11. The highest BCUT2D eigenvalue weighted by atomic mass is 32.1. The molecule has 1 N–H and O–H groups in total. The Morgan fingerprint density at radius 2 is 2.26 bits per heavy atom. The predicted molar refractivity (Wildman–Crippen MR) is 78.8 cm³/mol. The van der Waals surface area contributed by atoms with Gasteiger partial charge in [0.1, 0.15) is 0 Å². The summed E-state index contributed by atoms with van der Waals surface area (Å²) in [5.41, 5.74) is 5.30. The van der Waals surface area contributed by atoms with Gasteiger partial charge in [0.05, 0.1) is 11.9 Å². The van der Waals surface area contributed by atoms with E-state index >= 15 is 0 Å². The van der Waals surface area contributed by atoms with Gasteiger partial charge in [0.25, 0.3) is 0 Å². The van der Waals surface area contributed by atoms with Crippen LogP contribution < -0.4 is 5.43 Å². The smallest absolute Gasteiger partial charge is 0.203 e. The number of thiazole rings is 1. The summed E-state index contributed by atoms with van der Waals surface area (Å²) in [4.78, 5) is 9.99. The third-order valence-electron chi connectivity index (χ3n) is 3.27. The van der Waals surface area contributed by atoms with Crippen LogP contribution >= 0.6 is 11.3 Å². The summed E-state index contributed by atoms with van der Waals surface area (Å²) in [5.74, 6) is 0.779. The maximum Gasteiger partial charge on any atom is 0.203 e. The van der Waals surface area contributed by atoms with Gasteiger partial charge in [-0.3, -0.25) is 10.4 Å². The van der Waals surface area contributed by atoms with E-state index in [4.69, 9.17) is 0 Å². The number of pyridine rings is 1. The molecule has 0 fully saturated rings. The van der Waals surface area contributed by atoms with E-state index in [2.05, 4.69) is 27.4 Å². The van der Waals surface area contributed by atoms with E-state index in [1.165, 1.54) is 17.0 Å². The lowest BCUT2D eigenvalue weighted by atomic mass is 9.93. The molecule has 1 unspecified atom stereocenters. The molecular weight excluding hydrogens is 256 g/mol. The van der Waals surface area contributed by atoms with Crippen molar-refractivity contribution >= 4 is 22.7 Å². The van der Waals surface area contributed by atoms with E-state index in [1.54, 1.807) is 29.9 Å². The monoisotopic (exact) mass is 272 g/mol. The van der Waals surface area contributed by atoms with Crippen LogP contribution in [-0.2, 0) is 12.8 Å². The molecule has 1 atom stereocenters. The lowest BCUT2D eigenvalue weighted by Gasteiger charge is -2.15. The Morgan fingerprint density at radius 1 is 1.42 bits per heavy atom. The Bertz CT molecular complexity index is 576. The van der Waals surface area contributed by atoms with Crippen LogP contribution in [0, 0.1) is 5.92 Å². The summed E-state index contributed by atoms with van der Waals surface area (Å²) >= 11 is 1.73. The molecule has 0 radical (unpaired) electrons. The first kappa shape index (κ1) is 12.3. The van der Waals surface area contributed by atoms with Crippen LogP contribution in [0.15, 0.2) is 29.6 Å². The fourth-order valence-corrected chi connectivity index (χ4v) is 3.32. The van der Waals surface area contributed by atoms with Crippen LogP contribution in [0.2, 0.25) is 0 Å². The first-order valence-electron chi connectivity index (χ1n) is 6.49. The van der Waals surface area contributed by atoms with Crippen molar-refractivity contribution in [2.45, 2.75) is 26.2 Å². The number of anilines is 1. The number of nitrogens with zero attached hydrogens (tertiary/aromatic N) is 3. The Hall–Kier alpha value is -1.75. The lowest BCUT2D eigenvalue weighted by Crippen LogP contribution is -2.09. The van der Waals surface area contributed by atoms with Gasteiger partial charge in [-0.2, -0.15) is 5.10 Å². The second-order valence-corrected chi connectivity index (χ2v) is 5.97. The highest BCUT2D eigenvalue weighted by molar-refractivity contribution is 7.15. The van der Waals surface area contributed by atoms with Crippen molar-refractivity contribution in [3.05, 3.63) is 40.7 Å². The van der Waals surface area contributed by atoms with Gasteiger partial charge in [-0.1, -0.05) is 6.92 Å². The molecule has 2 aromatic heterocycles. The Morgan fingerprint density at radius 3 is 3.11 bits per heavy atom.